The molecule has 2 heterocycles. The number of rotatable bonds is 4. The fourth-order valence-electron chi connectivity index (χ4n) is 2.53. The van der Waals surface area contributed by atoms with Crippen LogP contribution in [0, 0.1) is 18.7 Å². The molecule has 0 unspecified atom stereocenters. The first-order valence-corrected chi connectivity index (χ1v) is 8.30. The number of benzene rings is 1. The Kier molecular flexibility index (Phi) is 4.71. The molecule has 0 bridgehead atoms. The molecule has 0 aliphatic carbocycles. The Morgan fingerprint density at radius 1 is 1.33 bits per heavy atom. The van der Waals surface area contributed by atoms with E-state index >= 15 is 0 Å². The number of hydrogen-bond acceptors (Lipinski definition) is 4. The fraction of sp³-hybridized carbons (Fsp3) is 0.235. The van der Waals surface area contributed by atoms with Crippen molar-refractivity contribution in [2.75, 3.05) is 11.4 Å². The number of hydrazone groups is 1. The minimum absolute atomic E-state index is 0.122. The number of aryl methyl sites for hydroxylation is 1. The quantitative estimate of drug-likeness (QED) is 0.684. The summed E-state index contributed by atoms with van der Waals surface area (Å²) in [5.74, 6) is -1.28. The SMILES string of the molecule is Cc1ccc(C=NNC(=O)[C@H]2CC(=O)N(c3ccc(F)cc3)C2)s1. The first-order chi connectivity index (χ1) is 11.5. The highest BCUT2D eigenvalue weighted by Crippen LogP contribution is 2.25. The molecule has 1 fully saturated rings. The summed E-state index contributed by atoms with van der Waals surface area (Å²) in [6, 6.07) is 9.55. The Morgan fingerprint density at radius 3 is 2.75 bits per heavy atom. The Morgan fingerprint density at radius 2 is 2.08 bits per heavy atom. The summed E-state index contributed by atoms with van der Waals surface area (Å²) in [5, 5.41) is 3.94. The van der Waals surface area contributed by atoms with Gasteiger partial charge in [0.15, 0.2) is 0 Å². The van der Waals surface area contributed by atoms with E-state index in [-0.39, 0.29) is 30.6 Å². The average Bonchev–Trinajstić information content (AvgIpc) is 3.14. The Balaban J connectivity index is 1.59. The van der Waals surface area contributed by atoms with Crippen molar-refractivity contribution >= 4 is 35.1 Å². The first-order valence-electron chi connectivity index (χ1n) is 7.48. The second-order valence-electron chi connectivity index (χ2n) is 5.56. The average molecular weight is 345 g/mol. The molecule has 1 aromatic carbocycles. The number of nitrogens with one attached hydrogen (secondary N) is 1. The maximum atomic E-state index is 13.0. The second-order valence-corrected chi connectivity index (χ2v) is 6.88. The number of carbonyl (C=O) groups excluding carboxylic acids is 2. The normalized spacial score (nSPS) is 17.7. The van der Waals surface area contributed by atoms with Gasteiger partial charge < -0.3 is 4.90 Å². The molecule has 3 rings (SSSR count). The molecule has 1 aromatic heterocycles. The minimum atomic E-state index is -0.468. The number of nitrogens with zero attached hydrogens (tertiary/aromatic N) is 2. The van der Waals surface area contributed by atoms with Crippen LogP contribution in [0.5, 0.6) is 0 Å². The summed E-state index contributed by atoms with van der Waals surface area (Å²) < 4.78 is 13.0. The lowest BCUT2D eigenvalue weighted by molar-refractivity contribution is -0.126. The molecule has 1 atom stereocenters. The lowest BCUT2D eigenvalue weighted by Gasteiger charge is -2.16. The van der Waals surface area contributed by atoms with E-state index < -0.39 is 5.92 Å². The van der Waals surface area contributed by atoms with Crippen LogP contribution in [-0.4, -0.2) is 24.6 Å². The molecule has 1 aliphatic rings. The van der Waals surface area contributed by atoms with Gasteiger partial charge in [-0.15, -0.1) is 11.3 Å². The molecule has 1 aliphatic heterocycles. The van der Waals surface area contributed by atoms with Gasteiger partial charge in [0.1, 0.15) is 5.82 Å². The van der Waals surface area contributed by atoms with Crippen molar-refractivity contribution < 1.29 is 14.0 Å². The predicted octanol–water partition coefficient (Wildman–Crippen LogP) is 2.70. The third-order valence-corrected chi connectivity index (χ3v) is 4.70. The Bertz CT molecular complexity index is 785. The lowest BCUT2D eigenvalue weighted by atomic mass is 10.1. The van der Waals surface area contributed by atoms with E-state index in [9.17, 15) is 14.0 Å². The number of hydrogen-bond donors (Lipinski definition) is 1. The van der Waals surface area contributed by atoms with Crippen molar-refractivity contribution in [1.29, 1.82) is 0 Å². The molecule has 0 spiro atoms. The topological polar surface area (TPSA) is 61.8 Å². The van der Waals surface area contributed by atoms with Gasteiger partial charge >= 0.3 is 0 Å². The summed E-state index contributed by atoms with van der Waals surface area (Å²) in [4.78, 5) is 27.9. The van der Waals surface area contributed by atoms with Crippen molar-refractivity contribution in [3.05, 3.63) is 52.0 Å². The molecule has 124 valence electrons. The van der Waals surface area contributed by atoms with E-state index in [0.29, 0.717) is 5.69 Å². The van der Waals surface area contributed by atoms with E-state index in [2.05, 4.69) is 10.5 Å². The van der Waals surface area contributed by atoms with Crippen molar-refractivity contribution in [1.82, 2.24) is 5.43 Å². The van der Waals surface area contributed by atoms with Crippen molar-refractivity contribution in [2.24, 2.45) is 11.0 Å². The van der Waals surface area contributed by atoms with E-state index in [1.54, 1.807) is 17.6 Å². The highest BCUT2D eigenvalue weighted by Gasteiger charge is 2.35. The van der Waals surface area contributed by atoms with Gasteiger partial charge in [0, 0.05) is 28.4 Å². The van der Waals surface area contributed by atoms with Gasteiger partial charge in [-0.05, 0) is 43.3 Å². The lowest BCUT2D eigenvalue weighted by Crippen LogP contribution is -2.30. The molecule has 7 heteroatoms. The van der Waals surface area contributed by atoms with E-state index in [4.69, 9.17) is 0 Å². The Hall–Kier alpha value is -2.54. The zero-order chi connectivity index (χ0) is 17.1. The molecule has 2 amide bonds. The third kappa shape index (κ3) is 3.68. The van der Waals surface area contributed by atoms with E-state index in [1.165, 1.54) is 34.0 Å². The van der Waals surface area contributed by atoms with E-state index in [1.807, 2.05) is 19.1 Å². The molecular weight excluding hydrogens is 329 g/mol. The number of carbonyl (C=O) groups is 2. The highest BCUT2D eigenvalue weighted by atomic mass is 32.1. The van der Waals surface area contributed by atoms with Gasteiger partial charge in [0.05, 0.1) is 12.1 Å². The van der Waals surface area contributed by atoms with Crippen molar-refractivity contribution in [3.8, 4) is 0 Å². The van der Waals surface area contributed by atoms with Crippen LogP contribution in [0.3, 0.4) is 0 Å². The van der Waals surface area contributed by atoms with Crippen LogP contribution in [0.4, 0.5) is 10.1 Å². The molecule has 5 nitrogen and oxygen atoms in total. The number of amides is 2. The molecule has 24 heavy (non-hydrogen) atoms. The second kappa shape index (κ2) is 6.92. The number of anilines is 1. The predicted molar refractivity (Wildman–Crippen MR) is 91.7 cm³/mol. The summed E-state index contributed by atoms with van der Waals surface area (Å²) in [6.45, 7) is 2.26. The molecule has 2 aromatic rings. The van der Waals surface area contributed by atoms with E-state index in [0.717, 1.165) is 4.88 Å². The fourth-order valence-corrected chi connectivity index (χ4v) is 3.28. The Labute approximate surface area is 142 Å². The summed E-state index contributed by atoms with van der Waals surface area (Å²) >= 11 is 1.58. The zero-order valence-electron chi connectivity index (χ0n) is 13.0. The van der Waals surface area contributed by atoms with Gasteiger partial charge in [-0.2, -0.15) is 5.10 Å². The van der Waals surface area contributed by atoms with Crippen molar-refractivity contribution in [3.63, 3.8) is 0 Å². The smallest absolute Gasteiger partial charge is 0.245 e. The van der Waals surface area contributed by atoms with Crippen LogP contribution in [-0.2, 0) is 9.59 Å². The molecule has 1 N–H and O–H groups in total. The van der Waals surface area contributed by atoms with Crippen molar-refractivity contribution in [2.45, 2.75) is 13.3 Å². The van der Waals surface area contributed by atoms with Crippen LogP contribution >= 0.6 is 11.3 Å². The van der Waals surface area contributed by atoms with Crippen LogP contribution in [0.25, 0.3) is 0 Å². The summed E-state index contributed by atoms with van der Waals surface area (Å²) in [7, 11) is 0. The number of halogens is 1. The van der Waals surface area contributed by atoms with Gasteiger partial charge in [-0.3, -0.25) is 9.59 Å². The van der Waals surface area contributed by atoms with Crippen LogP contribution in [0.1, 0.15) is 16.2 Å². The standard InChI is InChI=1S/C17H16FN3O2S/c1-11-2-7-15(24-11)9-19-20-17(23)12-8-16(22)21(10-12)14-5-3-13(18)4-6-14/h2-7,9,12H,8,10H2,1H3,(H,20,23)/t12-/m0/s1. The summed E-state index contributed by atoms with van der Waals surface area (Å²) in [6.07, 6.45) is 1.71. The first kappa shape index (κ1) is 16.3. The molecule has 0 saturated carbocycles. The van der Waals surface area contributed by atoms with Gasteiger partial charge in [0.25, 0.3) is 0 Å². The third-order valence-electron chi connectivity index (χ3n) is 3.76. The van der Waals surface area contributed by atoms with Gasteiger partial charge in [0.2, 0.25) is 11.8 Å². The van der Waals surface area contributed by atoms with Gasteiger partial charge in [-0.1, -0.05) is 0 Å². The summed E-state index contributed by atoms with van der Waals surface area (Å²) in [5.41, 5.74) is 3.07. The molecule has 0 radical (unpaired) electrons. The minimum Gasteiger partial charge on any atom is -0.312 e. The number of thiophene rings is 1. The monoisotopic (exact) mass is 345 g/mol. The van der Waals surface area contributed by atoms with Gasteiger partial charge in [-0.25, -0.2) is 9.82 Å². The van der Waals surface area contributed by atoms with Crippen LogP contribution in [0.15, 0.2) is 41.5 Å². The molecular formula is C17H16FN3O2S. The highest BCUT2D eigenvalue weighted by molar-refractivity contribution is 7.13. The molecule has 1 saturated heterocycles. The van der Waals surface area contributed by atoms with Crippen LogP contribution < -0.4 is 10.3 Å². The maximum absolute atomic E-state index is 13.0. The largest absolute Gasteiger partial charge is 0.312 e. The van der Waals surface area contributed by atoms with Crippen LogP contribution in [0.2, 0.25) is 0 Å². The maximum Gasteiger partial charge on any atom is 0.245 e. The zero-order valence-corrected chi connectivity index (χ0v) is 13.8.